The molecule has 1 rings (SSSR count). The van der Waals surface area contributed by atoms with Crippen LogP contribution in [0.2, 0.25) is 0 Å². The van der Waals surface area contributed by atoms with E-state index in [1.807, 2.05) is 13.8 Å². The fraction of sp³-hybridized carbons (Fsp3) is 0.500. The van der Waals surface area contributed by atoms with E-state index < -0.39 is 0 Å². The Kier molecular flexibility index (Phi) is 2.60. The largest absolute Gasteiger partial charge is 0.481 e. The van der Waals surface area contributed by atoms with Gasteiger partial charge in [-0.3, -0.25) is 0 Å². The normalized spacial score (nSPS) is 12.7. The molecule has 0 aliphatic carbocycles. The van der Waals surface area contributed by atoms with E-state index in [9.17, 15) is 0 Å². The minimum absolute atomic E-state index is 0.0828. The van der Waals surface area contributed by atoms with Crippen LogP contribution in [0.5, 0.6) is 5.88 Å². The van der Waals surface area contributed by atoms with Gasteiger partial charge in [-0.25, -0.2) is 4.98 Å². The number of nitrogens with two attached hydrogens (primary N) is 1. The maximum Gasteiger partial charge on any atom is 0.216 e. The molecule has 1 heterocycles. The molecule has 0 saturated heterocycles. The van der Waals surface area contributed by atoms with E-state index in [2.05, 4.69) is 9.97 Å². The van der Waals surface area contributed by atoms with Gasteiger partial charge in [0.15, 0.2) is 0 Å². The van der Waals surface area contributed by atoms with Crippen molar-refractivity contribution in [2.24, 2.45) is 5.73 Å². The number of hydrogen-bond donors (Lipinski definition) is 1. The van der Waals surface area contributed by atoms with Gasteiger partial charge in [0, 0.05) is 12.1 Å². The molecule has 0 radical (unpaired) electrons. The Labute approximate surface area is 71.8 Å². The van der Waals surface area contributed by atoms with E-state index in [1.165, 1.54) is 0 Å². The molecule has 4 heteroatoms. The summed E-state index contributed by atoms with van der Waals surface area (Å²) in [6, 6.07) is 1.66. The lowest BCUT2D eigenvalue weighted by molar-refractivity contribution is 0.394. The maximum atomic E-state index is 5.66. The Morgan fingerprint density at radius 1 is 1.50 bits per heavy atom. The SMILES string of the molecule is COc1cc([C@H](C)N)nc(C)n1. The van der Waals surface area contributed by atoms with Crippen LogP contribution in [0.1, 0.15) is 24.5 Å². The molecule has 0 amide bonds. The van der Waals surface area contributed by atoms with Crippen molar-refractivity contribution < 1.29 is 4.74 Å². The summed E-state index contributed by atoms with van der Waals surface area (Å²) in [5.41, 5.74) is 6.47. The fourth-order valence-electron chi connectivity index (χ4n) is 0.900. The highest BCUT2D eigenvalue weighted by Crippen LogP contribution is 2.12. The number of rotatable bonds is 2. The van der Waals surface area contributed by atoms with E-state index in [-0.39, 0.29) is 6.04 Å². The summed E-state index contributed by atoms with van der Waals surface area (Å²) in [6.45, 7) is 3.69. The van der Waals surface area contributed by atoms with Crippen molar-refractivity contribution in [3.63, 3.8) is 0 Å². The number of aromatic nitrogens is 2. The summed E-state index contributed by atoms with van der Waals surface area (Å²) in [5.74, 6) is 1.25. The number of nitrogens with zero attached hydrogens (tertiary/aromatic N) is 2. The third-order valence-electron chi connectivity index (χ3n) is 1.51. The van der Waals surface area contributed by atoms with Crippen LogP contribution in [0.3, 0.4) is 0 Å². The van der Waals surface area contributed by atoms with Gasteiger partial charge in [-0.2, -0.15) is 4.98 Å². The zero-order valence-electron chi connectivity index (χ0n) is 7.53. The van der Waals surface area contributed by atoms with E-state index in [1.54, 1.807) is 13.2 Å². The zero-order chi connectivity index (χ0) is 9.14. The van der Waals surface area contributed by atoms with Crippen molar-refractivity contribution in [1.29, 1.82) is 0 Å². The molecule has 0 aliphatic heterocycles. The maximum absolute atomic E-state index is 5.66. The van der Waals surface area contributed by atoms with E-state index in [0.29, 0.717) is 11.7 Å². The van der Waals surface area contributed by atoms with Gasteiger partial charge in [-0.05, 0) is 13.8 Å². The molecule has 12 heavy (non-hydrogen) atoms. The molecule has 0 bridgehead atoms. The van der Waals surface area contributed by atoms with Gasteiger partial charge in [0.2, 0.25) is 5.88 Å². The fourth-order valence-corrected chi connectivity index (χ4v) is 0.900. The molecule has 2 N–H and O–H groups in total. The lowest BCUT2D eigenvalue weighted by Gasteiger charge is -2.06. The van der Waals surface area contributed by atoms with Crippen LogP contribution in [0, 0.1) is 6.92 Å². The van der Waals surface area contributed by atoms with E-state index in [0.717, 1.165) is 5.69 Å². The van der Waals surface area contributed by atoms with Crippen molar-refractivity contribution in [3.05, 3.63) is 17.6 Å². The molecular formula is C8H13N3O. The summed E-state index contributed by atoms with van der Waals surface area (Å²) >= 11 is 0. The van der Waals surface area contributed by atoms with E-state index >= 15 is 0 Å². The standard InChI is InChI=1S/C8H13N3O/c1-5(9)7-4-8(12-3)11-6(2)10-7/h4-5H,9H2,1-3H3/t5-/m0/s1. The Hall–Kier alpha value is -1.16. The molecule has 0 fully saturated rings. The first kappa shape index (κ1) is 8.93. The van der Waals surface area contributed by atoms with Gasteiger partial charge in [0.25, 0.3) is 0 Å². The van der Waals surface area contributed by atoms with Gasteiger partial charge >= 0.3 is 0 Å². The third kappa shape index (κ3) is 1.92. The quantitative estimate of drug-likeness (QED) is 0.708. The second-order valence-corrected chi connectivity index (χ2v) is 2.67. The van der Waals surface area contributed by atoms with Crippen molar-refractivity contribution in [1.82, 2.24) is 9.97 Å². The number of aryl methyl sites for hydroxylation is 1. The van der Waals surface area contributed by atoms with Crippen molar-refractivity contribution in [3.8, 4) is 5.88 Å². The number of methoxy groups -OCH3 is 1. The smallest absolute Gasteiger partial charge is 0.216 e. The second kappa shape index (κ2) is 3.49. The van der Waals surface area contributed by atoms with Crippen LogP contribution >= 0.6 is 0 Å². The summed E-state index contributed by atoms with van der Waals surface area (Å²) < 4.78 is 4.98. The molecule has 1 aromatic heterocycles. The Morgan fingerprint density at radius 2 is 2.17 bits per heavy atom. The molecule has 0 spiro atoms. The average molecular weight is 167 g/mol. The monoisotopic (exact) mass is 167 g/mol. The van der Waals surface area contributed by atoms with Gasteiger partial charge in [0.1, 0.15) is 5.82 Å². The van der Waals surface area contributed by atoms with Crippen LogP contribution in [-0.2, 0) is 0 Å². The molecule has 0 aromatic carbocycles. The van der Waals surface area contributed by atoms with E-state index in [4.69, 9.17) is 10.5 Å². The summed E-state index contributed by atoms with van der Waals surface area (Å²) in [4.78, 5) is 8.21. The first-order chi connectivity index (χ1) is 5.63. The molecule has 0 aliphatic rings. The molecule has 1 aromatic rings. The number of hydrogen-bond acceptors (Lipinski definition) is 4. The van der Waals surface area contributed by atoms with Crippen LogP contribution in [0.15, 0.2) is 6.07 Å². The predicted octanol–water partition coefficient (Wildman–Crippen LogP) is 0.813. The average Bonchev–Trinajstić information content (AvgIpc) is 2.03. The number of ether oxygens (including phenoxy) is 1. The highest BCUT2D eigenvalue weighted by atomic mass is 16.5. The highest BCUT2D eigenvalue weighted by Gasteiger charge is 2.04. The summed E-state index contributed by atoms with van der Waals surface area (Å²) in [7, 11) is 1.58. The lowest BCUT2D eigenvalue weighted by atomic mass is 10.2. The zero-order valence-corrected chi connectivity index (χ0v) is 7.53. The minimum Gasteiger partial charge on any atom is -0.481 e. The Balaban J connectivity index is 3.06. The van der Waals surface area contributed by atoms with Crippen molar-refractivity contribution >= 4 is 0 Å². The Morgan fingerprint density at radius 3 is 2.67 bits per heavy atom. The van der Waals surface area contributed by atoms with Crippen LogP contribution in [0.4, 0.5) is 0 Å². The van der Waals surface area contributed by atoms with Gasteiger partial charge in [-0.1, -0.05) is 0 Å². The van der Waals surface area contributed by atoms with Gasteiger partial charge in [-0.15, -0.1) is 0 Å². The highest BCUT2D eigenvalue weighted by molar-refractivity contribution is 5.17. The van der Waals surface area contributed by atoms with Crippen LogP contribution in [-0.4, -0.2) is 17.1 Å². The minimum atomic E-state index is -0.0828. The molecule has 1 atom stereocenters. The summed E-state index contributed by atoms with van der Waals surface area (Å²) in [6.07, 6.45) is 0. The molecule has 0 saturated carbocycles. The van der Waals surface area contributed by atoms with Crippen molar-refractivity contribution in [2.75, 3.05) is 7.11 Å². The van der Waals surface area contributed by atoms with Crippen LogP contribution in [0.25, 0.3) is 0 Å². The molecule has 66 valence electrons. The summed E-state index contributed by atoms with van der Waals surface area (Å²) in [5, 5.41) is 0. The van der Waals surface area contributed by atoms with Crippen LogP contribution < -0.4 is 10.5 Å². The first-order valence-corrected chi connectivity index (χ1v) is 3.78. The molecule has 4 nitrogen and oxygen atoms in total. The molecular weight excluding hydrogens is 154 g/mol. The second-order valence-electron chi connectivity index (χ2n) is 2.67. The predicted molar refractivity (Wildman–Crippen MR) is 45.9 cm³/mol. The third-order valence-corrected chi connectivity index (χ3v) is 1.51. The van der Waals surface area contributed by atoms with Crippen molar-refractivity contribution in [2.45, 2.75) is 19.9 Å². The topological polar surface area (TPSA) is 61.0 Å². The van der Waals surface area contributed by atoms with Gasteiger partial charge in [0.05, 0.1) is 12.8 Å². The molecule has 0 unspecified atom stereocenters. The first-order valence-electron chi connectivity index (χ1n) is 3.78. The lowest BCUT2D eigenvalue weighted by Crippen LogP contribution is -2.09. The Bertz CT molecular complexity index is 273. The van der Waals surface area contributed by atoms with Gasteiger partial charge < -0.3 is 10.5 Å².